The van der Waals surface area contributed by atoms with Crippen LogP contribution < -0.4 is 4.90 Å². The highest BCUT2D eigenvalue weighted by atomic mass is 16.5. The predicted octanol–water partition coefficient (Wildman–Crippen LogP) is 3.64. The highest BCUT2D eigenvalue weighted by Gasteiger charge is 2.40. The van der Waals surface area contributed by atoms with E-state index in [2.05, 4.69) is 57.0 Å². The molecule has 1 aliphatic carbocycles. The molecule has 1 saturated heterocycles. The van der Waals surface area contributed by atoms with Crippen LogP contribution in [0, 0.1) is 11.3 Å². The van der Waals surface area contributed by atoms with Crippen LogP contribution in [0.2, 0.25) is 0 Å². The fraction of sp³-hybridized carbons (Fsp3) is 0.560. The topological polar surface area (TPSA) is 125 Å². The summed E-state index contributed by atoms with van der Waals surface area (Å²) in [5.41, 5.74) is 1.90. The second-order valence-corrected chi connectivity index (χ2v) is 9.77. The summed E-state index contributed by atoms with van der Waals surface area (Å²) in [5.74, 6) is 3.35. The maximum Gasteiger partial charge on any atom is 0.257 e. The molecular weight excluding hydrogens is 456 g/mol. The van der Waals surface area contributed by atoms with Crippen LogP contribution in [0.15, 0.2) is 23.0 Å². The molecule has 6 rings (SSSR count). The van der Waals surface area contributed by atoms with Gasteiger partial charge in [0.15, 0.2) is 11.6 Å². The molecule has 0 amide bonds. The number of anilines is 1. The Morgan fingerprint density at radius 3 is 2.64 bits per heavy atom. The van der Waals surface area contributed by atoms with Crippen molar-refractivity contribution in [3.8, 4) is 6.07 Å². The van der Waals surface area contributed by atoms with Gasteiger partial charge in [-0.1, -0.05) is 25.9 Å². The Hall–Kier alpha value is -3.65. The summed E-state index contributed by atoms with van der Waals surface area (Å²) in [4.78, 5) is 19.3. The summed E-state index contributed by atoms with van der Waals surface area (Å²) in [7, 11) is 0. The van der Waals surface area contributed by atoms with Crippen molar-refractivity contribution in [1.82, 2.24) is 39.6 Å². The minimum absolute atomic E-state index is 0.0816. The second-order valence-electron chi connectivity index (χ2n) is 9.77. The van der Waals surface area contributed by atoms with Gasteiger partial charge in [0.1, 0.15) is 23.6 Å². The van der Waals surface area contributed by atoms with Crippen LogP contribution in [0.25, 0.3) is 16.8 Å². The maximum absolute atomic E-state index is 9.52. The van der Waals surface area contributed by atoms with E-state index < -0.39 is 0 Å². The van der Waals surface area contributed by atoms with E-state index >= 15 is 0 Å². The van der Waals surface area contributed by atoms with E-state index in [1.165, 1.54) is 0 Å². The summed E-state index contributed by atoms with van der Waals surface area (Å²) >= 11 is 0. The lowest BCUT2D eigenvalue weighted by atomic mass is 9.98. The average molecular weight is 487 g/mol. The number of aromatic nitrogens is 7. The van der Waals surface area contributed by atoms with Gasteiger partial charge in [-0.05, 0) is 44.2 Å². The fourth-order valence-electron chi connectivity index (χ4n) is 5.46. The lowest BCUT2D eigenvalue weighted by Gasteiger charge is -2.48. The van der Waals surface area contributed by atoms with Crippen molar-refractivity contribution in [3.05, 3.63) is 35.9 Å². The van der Waals surface area contributed by atoms with Crippen LogP contribution in [-0.4, -0.2) is 64.8 Å². The first-order valence-electron chi connectivity index (χ1n) is 12.9. The number of nitriles is 1. The summed E-state index contributed by atoms with van der Waals surface area (Å²) in [6.45, 7) is 8.23. The third kappa shape index (κ3) is 3.76. The van der Waals surface area contributed by atoms with Gasteiger partial charge in [-0.15, -0.1) is 10.2 Å². The van der Waals surface area contributed by atoms with Crippen molar-refractivity contribution in [3.63, 3.8) is 0 Å². The molecule has 1 unspecified atom stereocenters. The molecule has 0 bridgehead atoms. The van der Waals surface area contributed by atoms with Crippen molar-refractivity contribution in [2.75, 3.05) is 18.0 Å². The molecule has 5 heterocycles. The number of piperazine rings is 1. The summed E-state index contributed by atoms with van der Waals surface area (Å²) < 4.78 is 7.60. The Kier molecular flexibility index (Phi) is 5.76. The standard InChI is InChI=1S/C25H30N10O/c1-4-17-13-34(23-21-20(10-9-16(11-26)28-21)35-14-27-31-25(35)30-23)18(5-2)12-33(17)19(6-3)24-29-22(32-36-24)15-7-8-15/h9-10,14-15,17-19H,4-8,12-13H2,1-3H3/t17-,18+,19?/m1/s1. The van der Waals surface area contributed by atoms with E-state index in [9.17, 15) is 5.26 Å². The van der Waals surface area contributed by atoms with Gasteiger partial charge in [0, 0.05) is 31.1 Å². The highest BCUT2D eigenvalue weighted by molar-refractivity contribution is 5.88. The number of rotatable bonds is 7. The van der Waals surface area contributed by atoms with Crippen molar-refractivity contribution in [2.45, 2.75) is 76.9 Å². The SMILES string of the molecule is CCC(c1nc(C2CC2)no1)N1C[C@H](CC)N(c2nc3nncn3c3ccc(C#N)nc23)C[C@H]1CC. The van der Waals surface area contributed by atoms with Crippen LogP contribution in [-0.2, 0) is 0 Å². The van der Waals surface area contributed by atoms with E-state index in [1.807, 2.05) is 10.5 Å². The van der Waals surface area contributed by atoms with E-state index in [1.54, 1.807) is 12.4 Å². The Morgan fingerprint density at radius 1 is 1.08 bits per heavy atom. The number of fused-ring (bicyclic) bond motifs is 3. The predicted molar refractivity (Wildman–Crippen MR) is 132 cm³/mol. The van der Waals surface area contributed by atoms with Crippen LogP contribution in [0.3, 0.4) is 0 Å². The first-order valence-corrected chi connectivity index (χ1v) is 12.9. The summed E-state index contributed by atoms with van der Waals surface area (Å²) in [5, 5.41) is 22.1. The quantitative estimate of drug-likeness (QED) is 0.382. The molecule has 11 nitrogen and oxygen atoms in total. The third-order valence-corrected chi connectivity index (χ3v) is 7.62. The highest BCUT2D eigenvalue weighted by Crippen LogP contribution is 2.40. The normalized spacial score (nSPS) is 21.8. The maximum atomic E-state index is 9.52. The summed E-state index contributed by atoms with van der Waals surface area (Å²) in [6, 6.07) is 6.33. The molecule has 0 aromatic carbocycles. The minimum atomic E-state index is 0.0816. The van der Waals surface area contributed by atoms with E-state index in [0.29, 0.717) is 22.9 Å². The van der Waals surface area contributed by atoms with E-state index in [-0.39, 0.29) is 18.1 Å². The Bertz CT molecular complexity index is 1430. The van der Waals surface area contributed by atoms with Gasteiger partial charge in [0.05, 0.1) is 11.6 Å². The lowest BCUT2D eigenvalue weighted by Crippen LogP contribution is -2.59. The first-order chi connectivity index (χ1) is 17.6. The minimum Gasteiger partial charge on any atom is -0.349 e. The van der Waals surface area contributed by atoms with Crippen LogP contribution in [0.4, 0.5) is 5.82 Å². The molecule has 0 spiro atoms. The second kappa shape index (κ2) is 9.09. The molecule has 4 aromatic heterocycles. The molecule has 36 heavy (non-hydrogen) atoms. The van der Waals surface area contributed by atoms with Gasteiger partial charge in [-0.25, -0.2) is 4.98 Å². The van der Waals surface area contributed by atoms with Gasteiger partial charge in [0.2, 0.25) is 5.89 Å². The Morgan fingerprint density at radius 2 is 1.92 bits per heavy atom. The van der Waals surface area contributed by atoms with Crippen LogP contribution in [0.5, 0.6) is 0 Å². The zero-order valence-corrected chi connectivity index (χ0v) is 20.9. The van der Waals surface area contributed by atoms with Crippen molar-refractivity contribution < 1.29 is 4.52 Å². The van der Waals surface area contributed by atoms with Crippen LogP contribution >= 0.6 is 0 Å². The molecule has 1 saturated carbocycles. The average Bonchev–Trinajstić information content (AvgIpc) is 3.45. The molecule has 1 aliphatic heterocycles. The third-order valence-electron chi connectivity index (χ3n) is 7.62. The Labute approximate surface area is 209 Å². The lowest BCUT2D eigenvalue weighted by molar-refractivity contribution is 0.0713. The van der Waals surface area contributed by atoms with Crippen LogP contribution in [0.1, 0.15) is 82.2 Å². The van der Waals surface area contributed by atoms with Crippen molar-refractivity contribution in [2.24, 2.45) is 0 Å². The first kappa shape index (κ1) is 22.8. The molecule has 11 heteroatoms. The van der Waals surface area contributed by atoms with Crippen molar-refractivity contribution in [1.29, 1.82) is 5.26 Å². The van der Waals surface area contributed by atoms with Gasteiger partial charge in [-0.3, -0.25) is 9.30 Å². The van der Waals surface area contributed by atoms with Gasteiger partial charge < -0.3 is 9.42 Å². The smallest absolute Gasteiger partial charge is 0.257 e. The number of hydrogen-bond donors (Lipinski definition) is 0. The molecule has 3 atom stereocenters. The van der Waals surface area contributed by atoms with Gasteiger partial charge in [0.25, 0.3) is 5.78 Å². The van der Waals surface area contributed by atoms with E-state index in [0.717, 1.165) is 68.2 Å². The molecule has 186 valence electrons. The van der Waals surface area contributed by atoms with Crippen molar-refractivity contribution >= 4 is 22.6 Å². The zero-order chi connectivity index (χ0) is 24.8. The molecule has 0 radical (unpaired) electrons. The number of nitrogens with zero attached hydrogens (tertiary/aromatic N) is 10. The Balaban J connectivity index is 1.39. The largest absolute Gasteiger partial charge is 0.349 e. The van der Waals surface area contributed by atoms with Gasteiger partial charge in [-0.2, -0.15) is 15.2 Å². The fourth-order valence-corrected chi connectivity index (χ4v) is 5.46. The molecule has 2 aliphatic rings. The number of pyridine rings is 1. The molecule has 0 N–H and O–H groups in total. The van der Waals surface area contributed by atoms with Gasteiger partial charge >= 0.3 is 0 Å². The molecule has 4 aromatic rings. The van der Waals surface area contributed by atoms with E-state index in [4.69, 9.17) is 14.5 Å². The molecule has 2 fully saturated rings. The molecular formula is C25H30N10O. The zero-order valence-electron chi connectivity index (χ0n) is 20.9. The summed E-state index contributed by atoms with van der Waals surface area (Å²) in [6.07, 6.45) is 6.75. The monoisotopic (exact) mass is 486 g/mol. The number of hydrogen-bond acceptors (Lipinski definition) is 10.